The van der Waals surface area contributed by atoms with Crippen LogP contribution in [0.4, 0.5) is 19.0 Å². The summed E-state index contributed by atoms with van der Waals surface area (Å²) < 4.78 is 42.7. The molecule has 2 N–H and O–H groups in total. The number of hydrogen-bond acceptors (Lipinski definition) is 3. The summed E-state index contributed by atoms with van der Waals surface area (Å²) in [6.45, 7) is 3.98. The number of aromatic nitrogens is 2. The van der Waals surface area contributed by atoms with Crippen LogP contribution in [0.3, 0.4) is 0 Å². The van der Waals surface area contributed by atoms with Crippen molar-refractivity contribution in [1.82, 2.24) is 9.55 Å². The van der Waals surface area contributed by atoms with E-state index >= 15 is 0 Å². The molecule has 2 atom stereocenters. The Kier molecular flexibility index (Phi) is 4.39. The van der Waals surface area contributed by atoms with E-state index in [4.69, 9.17) is 12.2 Å². The lowest BCUT2D eigenvalue weighted by Crippen LogP contribution is -2.39. The number of imidazole rings is 1. The normalized spacial score (nSPS) is 19.2. The van der Waals surface area contributed by atoms with E-state index in [0.29, 0.717) is 29.9 Å². The second kappa shape index (κ2) is 6.37. The highest BCUT2D eigenvalue weighted by Crippen LogP contribution is 2.34. The first-order chi connectivity index (χ1) is 11.8. The molecular weight excluding hydrogens is 329 g/mol. The van der Waals surface area contributed by atoms with Gasteiger partial charge in [0.15, 0.2) is 23.1 Å². The van der Waals surface area contributed by atoms with Gasteiger partial charge >= 0.3 is 0 Å². The van der Waals surface area contributed by atoms with Crippen molar-refractivity contribution in [3.63, 3.8) is 0 Å². The second-order valence-corrected chi connectivity index (χ2v) is 6.28. The molecule has 0 unspecified atom stereocenters. The van der Waals surface area contributed by atoms with Crippen molar-refractivity contribution in [3.05, 3.63) is 46.7 Å². The maximum Gasteiger partial charge on any atom is 0.168 e. The van der Waals surface area contributed by atoms with Gasteiger partial charge in [0.25, 0.3) is 0 Å². The molecule has 0 radical (unpaired) electrons. The van der Waals surface area contributed by atoms with Crippen molar-refractivity contribution >= 4 is 11.5 Å². The number of hydrogen-bond donors (Lipinski definition) is 1. The minimum atomic E-state index is -1.23. The van der Waals surface area contributed by atoms with Crippen LogP contribution in [0.25, 0.3) is 0 Å². The summed E-state index contributed by atoms with van der Waals surface area (Å²) in [5.74, 6) is -0.0489. The summed E-state index contributed by atoms with van der Waals surface area (Å²) in [4.78, 5) is 8.79. The van der Waals surface area contributed by atoms with Gasteiger partial charge in [0, 0.05) is 36.7 Å². The first kappa shape index (κ1) is 17.2. The van der Waals surface area contributed by atoms with E-state index in [1.807, 2.05) is 13.8 Å². The molecule has 1 aliphatic rings. The van der Waals surface area contributed by atoms with E-state index in [0.717, 1.165) is 11.8 Å². The van der Waals surface area contributed by atoms with E-state index < -0.39 is 29.4 Å². The molecule has 0 aliphatic carbocycles. The van der Waals surface area contributed by atoms with Crippen LogP contribution in [-0.4, -0.2) is 21.3 Å². The highest BCUT2D eigenvalue weighted by Gasteiger charge is 2.33. The van der Waals surface area contributed by atoms with E-state index in [1.165, 1.54) is 0 Å². The molecule has 1 aliphatic heterocycles. The van der Waals surface area contributed by atoms with Crippen LogP contribution >= 0.6 is 0 Å². The largest absolute Gasteiger partial charge is 0.326 e. The van der Waals surface area contributed by atoms with Crippen LogP contribution < -0.4 is 5.73 Å². The Morgan fingerprint density at radius 2 is 1.96 bits per heavy atom. The molecular formula is C18H17F3N4. The van der Waals surface area contributed by atoms with Crippen LogP contribution in [0.15, 0.2) is 17.1 Å². The predicted molar refractivity (Wildman–Crippen MR) is 89.3 cm³/mol. The third-order valence-electron chi connectivity index (χ3n) is 4.24. The van der Waals surface area contributed by atoms with Gasteiger partial charge in [-0.25, -0.2) is 23.1 Å². The highest BCUT2D eigenvalue weighted by molar-refractivity contribution is 5.82. The predicted octanol–water partition coefficient (Wildman–Crippen LogP) is 3.06. The fraction of sp³-hybridized carbons (Fsp3) is 0.333. The Balaban J connectivity index is 2.06. The average Bonchev–Trinajstić information content (AvgIpc) is 2.87. The number of halogens is 3. The zero-order valence-electron chi connectivity index (χ0n) is 13.9. The molecule has 3 rings (SSSR count). The summed E-state index contributed by atoms with van der Waals surface area (Å²) in [6.07, 6.45) is 5.76. The van der Waals surface area contributed by atoms with Crippen LogP contribution in [0.1, 0.15) is 36.8 Å². The van der Waals surface area contributed by atoms with Crippen LogP contribution in [-0.2, 0) is 13.0 Å². The standard InChI is InChI=1S/C18H17F3N4/c1-4-16-18(23-9(2)3)25-8-15(22)11(6-17(25)24-16)10-5-13(20)14(21)7-12(10)19/h1,5,7,11,15H,6,8,22H2,2-3H3/t11-,15+/m1/s1. The number of nitrogens with zero attached hydrogens (tertiary/aromatic N) is 3. The zero-order valence-corrected chi connectivity index (χ0v) is 13.9. The molecule has 0 bridgehead atoms. The van der Waals surface area contributed by atoms with E-state index in [-0.39, 0.29) is 12.0 Å². The van der Waals surface area contributed by atoms with Gasteiger partial charge in [-0.1, -0.05) is 0 Å². The number of aliphatic imine (C=N–C) groups is 1. The highest BCUT2D eigenvalue weighted by atomic mass is 19.2. The fourth-order valence-electron chi connectivity index (χ4n) is 3.11. The monoisotopic (exact) mass is 346 g/mol. The molecule has 0 spiro atoms. The lowest BCUT2D eigenvalue weighted by Gasteiger charge is -2.30. The van der Waals surface area contributed by atoms with Gasteiger partial charge in [-0.15, -0.1) is 6.42 Å². The van der Waals surface area contributed by atoms with E-state index in [2.05, 4.69) is 15.9 Å². The minimum Gasteiger partial charge on any atom is -0.326 e. The first-order valence-corrected chi connectivity index (χ1v) is 7.79. The molecule has 0 amide bonds. The summed E-state index contributed by atoms with van der Waals surface area (Å²) >= 11 is 0. The Morgan fingerprint density at radius 1 is 1.28 bits per heavy atom. The maximum atomic E-state index is 14.1. The molecule has 0 fully saturated rings. The first-order valence-electron chi connectivity index (χ1n) is 7.79. The van der Waals surface area contributed by atoms with Gasteiger partial charge < -0.3 is 10.3 Å². The molecule has 7 heteroatoms. The molecule has 130 valence electrons. The van der Waals surface area contributed by atoms with Gasteiger partial charge in [0.05, 0.1) is 0 Å². The Morgan fingerprint density at radius 3 is 2.60 bits per heavy atom. The maximum absolute atomic E-state index is 14.1. The third kappa shape index (κ3) is 3.05. The van der Waals surface area contributed by atoms with Crippen molar-refractivity contribution in [2.24, 2.45) is 10.7 Å². The van der Waals surface area contributed by atoms with Gasteiger partial charge in [0.2, 0.25) is 0 Å². The minimum absolute atomic E-state index is 0.0413. The molecule has 4 nitrogen and oxygen atoms in total. The number of fused-ring (bicyclic) bond motifs is 1. The lowest BCUT2D eigenvalue weighted by atomic mass is 9.86. The molecule has 0 saturated heterocycles. The second-order valence-electron chi connectivity index (χ2n) is 6.28. The fourth-order valence-corrected chi connectivity index (χ4v) is 3.11. The number of rotatable bonds is 2. The van der Waals surface area contributed by atoms with Crippen LogP contribution in [0.2, 0.25) is 0 Å². The summed E-state index contributed by atoms with van der Waals surface area (Å²) in [5, 5.41) is 0. The van der Waals surface area contributed by atoms with Crippen molar-refractivity contribution in [2.45, 2.75) is 38.8 Å². The average molecular weight is 346 g/mol. The van der Waals surface area contributed by atoms with Crippen LogP contribution in [0.5, 0.6) is 0 Å². The lowest BCUT2D eigenvalue weighted by molar-refractivity contribution is 0.388. The SMILES string of the molecule is C#Cc1nc2n(c1N=C(C)C)C[C@H](N)[C@@H](c1cc(F)c(F)cc1F)C2. The zero-order chi connectivity index (χ0) is 18.3. The molecule has 1 aromatic carbocycles. The van der Waals surface area contributed by atoms with Crippen molar-refractivity contribution < 1.29 is 13.2 Å². The number of benzene rings is 1. The smallest absolute Gasteiger partial charge is 0.168 e. The molecule has 1 aromatic heterocycles. The Hall–Kier alpha value is -2.59. The summed E-state index contributed by atoms with van der Waals surface area (Å²) in [6, 6.07) is 0.893. The summed E-state index contributed by atoms with van der Waals surface area (Å²) in [5.41, 5.74) is 7.43. The van der Waals surface area contributed by atoms with E-state index in [1.54, 1.807) is 4.57 Å². The quantitative estimate of drug-likeness (QED) is 0.516. The third-order valence-corrected chi connectivity index (χ3v) is 4.24. The van der Waals surface area contributed by atoms with Crippen LogP contribution in [0, 0.1) is 29.8 Å². The van der Waals surface area contributed by atoms with Crippen molar-refractivity contribution in [1.29, 1.82) is 0 Å². The van der Waals surface area contributed by atoms with Gasteiger partial charge in [-0.05, 0) is 31.4 Å². The Bertz CT molecular complexity index is 904. The molecule has 0 saturated carbocycles. The van der Waals surface area contributed by atoms with Gasteiger partial charge in [-0.2, -0.15) is 0 Å². The van der Waals surface area contributed by atoms with Crippen molar-refractivity contribution in [2.75, 3.05) is 0 Å². The molecule has 2 heterocycles. The Labute approximate surface area is 143 Å². The number of nitrogens with two attached hydrogens (primary N) is 1. The van der Waals surface area contributed by atoms with Gasteiger partial charge in [-0.3, -0.25) is 0 Å². The molecule has 25 heavy (non-hydrogen) atoms. The topological polar surface area (TPSA) is 56.2 Å². The summed E-state index contributed by atoms with van der Waals surface area (Å²) in [7, 11) is 0. The van der Waals surface area contributed by atoms with Crippen molar-refractivity contribution in [3.8, 4) is 12.3 Å². The van der Waals surface area contributed by atoms with Gasteiger partial charge in [0.1, 0.15) is 11.6 Å². The van der Waals surface area contributed by atoms with E-state index in [9.17, 15) is 13.2 Å². The number of terminal acetylenes is 1. The molecule has 2 aromatic rings.